The second-order valence-corrected chi connectivity index (χ2v) is 7.39. The van der Waals surface area contributed by atoms with Gasteiger partial charge in [-0.25, -0.2) is 4.79 Å². The second-order valence-electron chi connectivity index (χ2n) is 6.25. The van der Waals surface area contributed by atoms with Gasteiger partial charge in [0.2, 0.25) is 0 Å². The topological polar surface area (TPSA) is 73.9 Å². The van der Waals surface area contributed by atoms with Crippen LogP contribution < -0.4 is 14.8 Å². The van der Waals surface area contributed by atoms with Crippen LogP contribution >= 0.6 is 11.3 Å². The minimum absolute atomic E-state index is 0.324. The smallest absolute Gasteiger partial charge is 0.348 e. The van der Waals surface area contributed by atoms with Crippen LogP contribution in [0.1, 0.15) is 33.0 Å². The van der Waals surface area contributed by atoms with Crippen molar-refractivity contribution in [1.82, 2.24) is 0 Å². The fourth-order valence-electron chi connectivity index (χ4n) is 3.07. The van der Waals surface area contributed by atoms with Gasteiger partial charge in [0.15, 0.2) is 18.1 Å². The maximum absolute atomic E-state index is 12.1. The van der Waals surface area contributed by atoms with E-state index in [9.17, 15) is 9.59 Å². The van der Waals surface area contributed by atoms with Gasteiger partial charge in [0, 0.05) is 23.1 Å². The number of benzene rings is 1. The summed E-state index contributed by atoms with van der Waals surface area (Å²) in [5, 5.41) is 2.71. The Morgan fingerprint density at radius 3 is 2.77 bits per heavy atom. The lowest BCUT2D eigenvalue weighted by Crippen LogP contribution is -2.20. The van der Waals surface area contributed by atoms with E-state index < -0.39 is 11.9 Å². The Morgan fingerprint density at radius 1 is 1.08 bits per heavy atom. The third-order valence-electron chi connectivity index (χ3n) is 4.31. The van der Waals surface area contributed by atoms with Crippen molar-refractivity contribution >= 4 is 28.9 Å². The molecule has 0 atom stereocenters. The van der Waals surface area contributed by atoms with Gasteiger partial charge in [-0.3, -0.25) is 4.79 Å². The Labute approximate surface area is 155 Å². The van der Waals surface area contributed by atoms with Crippen molar-refractivity contribution in [1.29, 1.82) is 0 Å². The molecule has 1 amide bonds. The predicted molar refractivity (Wildman–Crippen MR) is 97.3 cm³/mol. The second kappa shape index (κ2) is 7.37. The van der Waals surface area contributed by atoms with Crippen molar-refractivity contribution in [2.75, 3.05) is 25.1 Å². The van der Waals surface area contributed by atoms with E-state index in [0.29, 0.717) is 35.3 Å². The molecule has 1 N–H and O–H groups in total. The third kappa shape index (κ3) is 3.67. The van der Waals surface area contributed by atoms with Crippen LogP contribution in [-0.2, 0) is 22.4 Å². The highest BCUT2D eigenvalue weighted by Crippen LogP contribution is 2.32. The molecule has 2 heterocycles. The number of ether oxygens (including phenoxy) is 3. The van der Waals surface area contributed by atoms with Crippen molar-refractivity contribution in [3.05, 3.63) is 39.6 Å². The molecule has 4 rings (SSSR count). The number of thiophene rings is 1. The van der Waals surface area contributed by atoms with Crippen LogP contribution in [0.2, 0.25) is 0 Å². The van der Waals surface area contributed by atoms with Gasteiger partial charge < -0.3 is 19.5 Å². The van der Waals surface area contributed by atoms with Crippen molar-refractivity contribution in [3.8, 4) is 11.5 Å². The fourth-order valence-corrected chi connectivity index (χ4v) is 4.22. The Kier molecular flexibility index (Phi) is 4.79. The van der Waals surface area contributed by atoms with Crippen LogP contribution in [0.15, 0.2) is 24.3 Å². The molecule has 0 unspecified atom stereocenters. The number of rotatable bonds is 4. The first-order valence-corrected chi connectivity index (χ1v) is 9.49. The number of anilines is 1. The Hall–Kier alpha value is -2.54. The first kappa shape index (κ1) is 16.9. The van der Waals surface area contributed by atoms with Crippen molar-refractivity contribution in [3.63, 3.8) is 0 Å². The van der Waals surface area contributed by atoms with E-state index in [2.05, 4.69) is 5.32 Å². The Bertz CT molecular complexity index is 823. The third-order valence-corrected chi connectivity index (χ3v) is 5.53. The van der Waals surface area contributed by atoms with Crippen molar-refractivity contribution < 1.29 is 23.8 Å². The largest absolute Gasteiger partial charge is 0.490 e. The van der Waals surface area contributed by atoms with Crippen LogP contribution in [0.4, 0.5) is 5.69 Å². The number of aryl methyl sites for hydroxylation is 2. The van der Waals surface area contributed by atoms with Crippen LogP contribution in [0.5, 0.6) is 11.5 Å². The average Bonchev–Trinajstić information content (AvgIpc) is 3.15. The van der Waals surface area contributed by atoms with Crippen LogP contribution in [-0.4, -0.2) is 31.7 Å². The Morgan fingerprint density at radius 2 is 1.92 bits per heavy atom. The summed E-state index contributed by atoms with van der Waals surface area (Å²) >= 11 is 1.47. The molecule has 1 aliphatic carbocycles. The van der Waals surface area contributed by atoms with Crippen LogP contribution in [0, 0.1) is 0 Å². The highest BCUT2D eigenvalue weighted by molar-refractivity contribution is 7.14. The Balaban J connectivity index is 1.32. The minimum atomic E-state index is -0.446. The number of carbonyl (C=O) groups is 2. The maximum Gasteiger partial charge on any atom is 0.348 e. The lowest BCUT2D eigenvalue weighted by Gasteiger charge is -2.10. The molecule has 6 nitrogen and oxygen atoms in total. The normalized spacial score (nSPS) is 15.1. The van der Waals surface area contributed by atoms with E-state index in [1.807, 2.05) is 6.07 Å². The molecule has 0 saturated heterocycles. The summed E-state index contributed by atoms with van der Waals surface area (Å²) in [4.78, 5) is 26.0. The monoisotopic (exact) mass is 373 g/mol. The van der Waals surface area contributed by atoms with E-state index in [0.717, 1.165) is 25.7 Å². The summed E-state index contributed by atoms with van der Waals surface area (Å²) in [6.45, 7) is 0.865. The predicted octanol–water partition coefficient (Wildman–Crippen LogP) is 3.19. The highest BCUT2D eigenvalue weighted by Gasteiger charge is 2.20. The zero-order chi connectivity index (χ0) is 17.9. The quantitative estimate of drug-likeness (QED) is 0.833. The van der Waals surface area contributed by atoms with Gasteiger partial charge in [-0.05, 0) is 43.0 Å². The summed E-state index contributed by atoms with van der Waals surface area (Å²) in [5.41, 5.74) is 1.81. The molecule has 2 aliphatic rings. The molecule has 1 aromatic heterocycles. The summed E-state index contributed by atoms with van der Waals surface area (Å²) in [5.74, 6) is 0.429. The minimum Gasteiger partial charge on any atom is -0.490 e. The van der Waals surface area contributed by atoms with Gasteiger partial charge in [-0.15, -0.1) is 11.3 Å². The first-order valence-electron chi connectivity index (χ1n) is 8.67. The zero-order valence-corrected chi connectivity index (χ0v) is 15.0. The molecular formula is C19H19NO5S. The van der Waals surface area contributed by atoms with Gasteiger partial charge in [0.1, 0.15) is 4.88 Å². The number of hydrogen-bond acceptors (Lipinski definition) is 6. The summed E-state index contributed by atoms with van der Waals surface area (Å²) in [6.07, 6.45) is 4.01. The maximum atomic E-state index is 12.1. The molecule has 0 bridgehead atoms. The highest BCUT2D eigenvalue weighted by atomic mass is 32.1. The molecule has 0 fully saturated rings. The summed E-state index contributed by atoms with van der Waals surface area (Å²) in [6, 6.07) is 7.09. The fraction of sp³-hybridized carbons (Fsp3) is 0.368. The molecular weight excluding hydrogens is 354 g/mol. The number of nitrogens with one attached hydrogen (secondary N) is 1. The summed E-state index contributed by atoms with van der Waals surface area (Å²) in [7, 11) is 0. The number of amides is 1. The number of fused-ring (bicyclic) bond motifs is 2. The SMILES string of the molecule is O=C(COC(=O)c1cc2c(s1)CCC2)Nc1ccc2c(c1)OCCCO2. The molecule has 0 spiro atoms. The van der Waals surface area contributed by atoms with Gasteiger partial charge >= 0.3 is 5.97 Å². The molecule has 7 heteroatoms. The van der Waals surface area contributed by atoms with Crippen LogP contribution in [0.25, 0.3) is 0 Å². The van der Waals surface area contributed by atoms with E-state index >= 15 is 0 Å². The molecule has 0 radical (unpaired) electrons. The average molecular weight is 373 g/mol. The molecule has 26 heavy (non-hydrogen) atoms. The van der Waals surface area contributed by atoms with Gasteiger partial charge in [0.05, 0.1) is 13.2 Å². The van der Waals surface area contributed by atoms with Crippen LogP contribution in [0.3, 0.4) is 0 Å². The van der Waals surface area contributed by atoms with Gasteiger partial charge in [0.25, 0.3) is 5.91 Å². The molecule has 1 aromatic carbocycles. The number of hydrogen-bond donors (Lipinski definition) is 1. The summed E-state index contributed by atoms with van der Waals surface area (Å²) < 4.78 is 16.3. The molecule has 136 valence electrons. The standard InChI is InChI=1S/C19H19NO5S/c21-18(11-25-19(22)17-9-12-3-1-4-16(12)26-17)20-13-5-6-14-15(10-13)24-8-2-7-23-14/h5-6,9-10H,1-4,7-8,11H2,(H,20,21). The van der Waals surface area contributed by atoms with Crippen molar-refractivity contribution in [2.24, 2.45) is 0 Å². The number of esters is 1. The molecule has 1 aliphatic heterocycles. The van der Waals surface area contributed by atoms with Gasteiger partial charge in [-0.1, -0.05) is 0 Å². The molecule has 2 aromatic rings. The number of carbonyl (C=O) groups excluding carboxylic acids is 2. The van der Waals surface area contributed by atoms with E-state index in [4.69, 9.17) is 14.2 Å². The van der Waals surface area contributed by atoms with E-state index in [1.54, 1.807) is 18.2 Å². The van der Waals surface area contributed by atoms with E-state index in [1.165, 1.54) is 21.8 Å². The van der Waals surface area contributed by atoms with E-state index in [-0.39, 0.29) is 6.61 Å². The molecule has 0 saturated carbocycles. The lowest BCUT2D eigenvalue weighted by atomic mass is 10.2. The zero-order valence-electron chi connectivity index (χ0n) is 14.2. The van der Waals surface area contributed by atoms with Gasteiger partial charge in [-0.2, -0.15) is 0 Å². The first-order chi connectivity index (χ1) is 12.7. The lowest BCUT2D eigenvalue weighted by molar-refractivity contribution is -0.119. The van der Waals surface area contributed by atoms with Crippen molar-refractivity contribution in [2.45, 2.75) is 25.7 Å².